The summed E-state index contributed by atoms with van der Waals surface area (Å²) in [6.45, 7) is 1.37. The van der Waals surface area contributed by atoms with E-state index >= 15 is 0 Å². The minimum Gasteiger partial charge on any atom is -0.320 e. The number of hydrogen-bond donors (Lipinski definition) is 3. The Kier molecular flexibility index (Phi) is 4.69. The molecular weight excluding hydrogens is 404 g/mol. The first-order valence-electron chi connectivity index (χ1n) is 8.93. The molecule has 0 atom stereocenters. The van der Waals surface area contributed by atoms with Gasteiger partial charge in [0.05, 0.1) is 23.3 Å². The fourth-order valence-electron chi connectivity index (χ4n) is 2.94. The molecule has 0 aliphatic heterocycles. The van der Waals surface area contributed by atoms with E-state index in [1.165, 1.54) is 13.1 Å². The van der Waals surface area contributed by atoms with Gasteiger partial charge in [0.15, 0.2) is 11.5 Å². The average molecular weight is 421 g/mol. The van der Waals surface area contributed by atoms with E-state index in [1.807, 2.05) is 4.72 Å². The normalized spacial score (nSPS) is 14.2. The third-order valence-corrected chi connectivity index (χ3v) is 5.94. The van der Waals surface area contributed by atoms with Crippen LogP contribution in [0.4, 0.5) is 20.2 Å². The summed E-state index contributed by atoms with van der Waals surface area (Å²) in [5, 5.41) is 10.2. The number of nitrogens with one attached hydrogen (secondary N) is 3. The number of hydrogen-bond acceptors (Lipinski definition) is 5. The van der Waals surface area contributed by atoms with Crippen LogP contribution in [0.5, 0.6) is 0 Å². The van der Waals surface area contributed by atoms with Crippen LogP contribution in [0.25, 0.3) is 11.0 Å². The number of rotatable bonds is 6. The van der Waals surface area contributed by atoms with Crippen molar-refractivity contribution in [3.8, 4) is 0 Å². The van der Waals surface area contributed by atoms with Crippen molar-refractivity contribution in [2.45, 2.75) is 25.7 Å². The molecule has 3 aromatic rings. The van der Waals surface area contributed by atoms with Gasteiger partial charge in [-0.05, 0) is 38.0 Å². The van der Waals surface area contributed by atoms with Gasteiger partial charge in [0, 0.05) is 17.0 Å². The van der Waals surface area contributed by atoms with Crippen LogP contribution in [-0.4, -0.2) is 35.3 Å². The summed E-state index contributed by atoms with van der Waals surface area (Å²) in [4.78, 5) is 16.7. The average Bonchev–Trinajstić information content (AvgIpc) is 3.43. The fourth-order valence-corrected chi connectivity index (χ4v) is 3.58. The second kappa shape index (κ2) is 7.07. The topological polar surface area (TPSA) is 117 Å². The summed E-state index contributed by atoms with van der Waals surface area (Å²) < 4.78 is 54.2. The summed E-state index contributed by atoms with van der Waals surface area (Å²) in [5.74, 6) is -3.41. The number of sulfonamides is 1. The van der Waals surface area contributed by atoms with E-state index in [-0.39, 0.29) is 11.4 Å². The number of H-pyrrole nitrogens is 1. The predicted molar refractivity (Wildman–Crippen MR) is 103 cm³/mol. The first-order chi connectivity index (χ1) is 13.8. The number of fused-ring (bicyclic) bond motifs is 1. The SMILES string of the molecule is CCS(=O)(=O)Nc1ccc(F)c(C(=O)Nc2cnc3n[nH]c(C4CC4)c3c2)c1F. The van der Waals surface area contributed by atoms with Gasteiger partial charge in [-0.2, -0.15) is 5.10 Å². The number of carbonyl (C=O) groups excluding carboxylic acids is 1. The highest BCUT2D eigenvalue weighted by Gasteiger charge is 2.28. The van der Waals surface area contributed by atoms with E-state index in [0.29, 0.717) is 11.6 Å². The van der Waals surface area contributed by atoms with Gasteiger partial charge < -0.3 is 5.32 Å². The Morgan fingerprint density at radius 3 is 2.76 bits per heavy atom. The lowest BCUT2D eigenvalue weighted by atomic mass is 10.1. The van der Waals surface area contributed by atoms with Gasteiger partial charge >= 0.3 is 0 Å². The number of aromatic amines is 1. The number of benzene rings is 1. The van der Waals surface area contributed by atoms with Crippen molar-refractivity contribution < 1.29 is 22.0 Å². The van der Waals surface area contributed by atoms with Crippen molar-refractivity contribution in [1.82, 2.24) is 15.2 Å². The molecule has 2 heterocycles. The number of aromatic nitrogens is 3. The molecule has 0 radical (unpaired) electrons. The van der Waals surface area contributed by atoms with Crippen LogP contribution >= 0.6 is 0 Å². The number of amides is 1. The van der Waals surface area contributed by atoms with Crippen molar-refractivity contribution in [3.05, 3.63) is 47.3 Å². The van der Waals surface area contributed by atoms with Crippen LogP contribution in [0.3, 0.4) is 0 Å². The first kappa shape index (κ1) is 19.2. The standard InChI is InChI=1S/C18H17F2N5O3S/c1-2-29(27,28)25-13-6-5-12(19)14(15(13)20)18(26)22-10-7-11-16(9-3-4-9)23-24-17(11)21-8-10/h5-9,25H,2-4H2,1H3,(H,22,26)(H,21,23,24). The lowest BCUT2D eigenvalue weighted by molar-refractivity contribution is 0.101. The highest BCUT2D eigenvalue weighted by Crippen LogP contribution is 2.42. The molecule has 11 heteroatoms. The summed E-state index contributed by atoms with van der Waals surface area (Å²) in [6, 6.07) is 3.39. The molecule has 1 saturated carbocycles. The Balaban J connectivity index is 1.64. The lowest BCUT2D eigenvalue weighted by Gasteiger charge is -2.12. The zero-order valence-electron chi connectivity index (χ0n) is 15.3. The van der Waals surface area contributed by atoms with E-state index in [0.717, 1.165) is 36.1 Å². The molecule has 8 nitrogen and oxygen atoms in total. The Hall–Kier alpha value is -3.08. The zero-order valence-corrected chi connectivity index (χ0v) is 16.1. The third kappa shape index (κ3) is 3.77. The zero-order chi connectivity index (χ0) is 20.8. The summed E-state index contributed by atoms with van der Waals surface area (Å²) in [5.41, 5.74) is 0.244. The molecular formula is C18H17F2N5O3S. The van der Waals surface area contributed by atoms with Gasteiger partial charge in [0.1, 0.15) is 11.4 Å². The van der Waals surface area contributed by atoms with Crippen molar-refractivity contribution in [2.24, 2.45) is 0 Å². The van der Waals surface area contributed by atoms with Crippen LogP contribution in [0, 0.1) is 11.6 Å². The molecule has 1 aromatic carbocycles. The summed E-state index contributed by atoms with van der Waals surface area (Å²) in [7, 11) is -3.80. The molecule has 1 fully saturated rings. The molecule has 0 unspecified atom stereocenters. The largest absolute Gasteiger partial charge is 0.320 e. The van der Waals surface area contributed by atoms with Crippen molar-refractivity contribution in [2.75, 3.05) is 15.8 Å². The van der Waals surface area contributed by atoms with E-state index in [1.54, 1.807) is 6.07 Å². The molecule has 2 aromatic heterocycles. The molecule has 1 aliphatic carbocycles. The monoisotopic (exact) mass is 421 g/mol. The quantitative estimate of drug-likeness (QED) is 0.565. The van der Waals surface area contributed by atoms with Gasteiger partial charge in [-0.3, -0.25) is 14.6 Å². The van der Waals surface area contributed by atoms with E-state index in [4.69, 9.17) is 0 Å². The van der Waals surface area contributed by atoms with Crippen LogP contribution in [0.2, 0.25) is 0 Å². The second-order valence-electron chi connectivity index (χ2n) is 6.75. The molecule has 0 bridgehead atoms. The first-order valence-corrected chi connectivity index (χ1v) is 10.6. The van der Waals surface area contributed by atoms with E-state index in [9.17, 15) is 22.0 Å². The molecule has 4 rings (SSSR count). The van der Waals surface area contributed by atoms with Crippen LogP contribution < -0.4 is 10.0 Å². The molecule has 1 amide bonds. The Morgan fingerprint density at radius 1 is 1.31 bits per heavy atom. The minimum atomic E-state index is -3.80. The van der Waals surface area contributed by atoms with Crippen LogP contribution in [-0.2, 0) is 10.0 Å². The second-order valence-corrected chi connectivity index (χ2v) is 8.76. The summed E-state index contributed by atoms with van der Waals surface area (Å²) >= 11 is 0. The van der Waals surface area contributed by atoms with Gasteiger partial charge in [0.25, 0.3) is 5.91 Å². The predicted octanol–water partition coefficient (Wildman–Crippen LogP) is 3.13. The number of anilines is 2. The lowest BCUT2D eigenvalue weighted by Crippen LogP contribution is -2.20. The summed E-state index contributed by atoms with van der Waals surface area (Å²) in [6.07, 6.45) is 3.40. The Morgan fingerprint density at radius 2 is 2.07 bits per heavy atom. The van der Waals surface area contributed by atoms with Crippen molar-refractivity contribution >= 4 is 38.3 Å². The maximum atomic E-state index is 14.7. The van der Waals surface area contributed by atoms with Gasteiger partial charge in [-0.15, -0.1) is 0 Å². The number of halogens is 2. The molecule has 3 N–H and O–H groups in total. The molecule has 1 aliphatic rings. The highest BCUT2D eigenvalue weighted by molar-refractivity contribution is 7.92. The minimum absolute atomic E-state index is 0.240. The highest BCUT2D eigenvalue weighted by atomic mass is 32.2. The maximum Gasteiger partial charge on any atom is 0.261 e. The van der Waals surface area contributed by atoms with Gasteiger partial charge in [0.2, 0.25) is 10.0 Å². The number of pyridine rings is 1. The van der Waals surface area contributed by atoms with Crippen molar-refractivity contribution in [3.63, 3.8) is 0 Å². The van der Waals surface area contributed by atoms with Crippen molar-refractivity contribution in [1.29, 1.82) is 0 Å². The molecule has 0 spiro atoms. The van der Waals surface area contributed by atoms with Crippen LogP contribution in [0.1, 0.15) is 41.7 Å². The number of nitrogens with zero attached hydrogens (tertiary/aromatic N) is 2. The molecule has 152 valence electrons. The van der Waals surface area contributed by atoms with E-state index in [2.05, 4.69) is 20.5 Å². The smallest absolute Gasteiger partial charge is 0.261 e. The maximum absolute atomic E-state index is 14.7. The van der Waals surface area contributed by atoms with Crippen LogP contribution in [0.15, 0.2) is 24.4 Å². The molecule has 0 saturated heterocycles. The fraction of sp³-hybridized carbons (Fsp3) is 0.278. The van der Waals surface area contributed by atoms with Gasteiger partial charge in [-0.1, -0.05) is 0 Å². The third-order valence-electron chi connectivity index (χ3n) is 4.65. The van der Waals surface area contributed by atoms with Gasteiger partial charge in [-0.25, -0.2) is 22.2 Å². The van der Waals surface area contributed by atoms with E-state index < -0.39 is 38.8 Å². The molecule has 29 heavy (non-hydrogen) atoms. The number of carbonyl (C=O) groups is 1. The Labute approximate surface area is 164 Å². The Bertz CT molecular complexity index is 1220.